The fraction of sp³-hybridized carbons (Fsp3) is 0.150. The van der Waals surface area contributed by atoms with Crippen molar-refractivity contribution in [2.24, 2.45) is 0 Å². The number of aryl methyl sites for hydroxylation is 2. The lowest BCUT2D eigenvalue weighted by Crippen LogP contribution is -2.20. The lowest BCUT2D eigenvalue weighted by molar-refractivity contribution is -0.137. The summed E-state index contributed by atoms with van der Waals surface area (Å²) < 4.78 is 39.0. The van der Waals surface area contributed by atoms with Crippen LogP contribution in [0.25, 0.3) is 0 Å². The van der Waals surface area contributed by atoms with Crippen LogP contribution in [-0.4, -0.2) is 16.0 Å². The number of amides is 2. The zero-order valence-electron chi connectivity index (χ0n) is 16.2. The minimum absolute atomic E-state index is 0.0488. The first kappa shape index (κ1) is 22.6. The van der Waals surface area contributed by atoms with Crippen LogP contribution in [0.15, 0.2) is 42.5 Å². The Morgan fingerprint density at radius 1 is 0.935 bits per heavy atom. The lowest BCUT2D eigenvalue weighted by atomic mass is 10.1. The van der Waals surface area contributed by atoms with Crippen LogP contribution in [0.1, 0.15) is 17.0 Å². The van der Waals surface area contributed by atoms with E-state index in [2.05, 4.69) is 25.9 Å². The van der Waals surface area contributed by atoms with Crippen LogP contribution in [0.5, 0.6) is 0 Å². The van der Waals surface area contributed by atoms with Gasteiger partial charge in [0.2, 0.25) is 0 Å². The van der Waals surface area contributed by atoms with E-state index in [0.717, 1.165) is 17.7 Å². The van der Waals surface area contributed by atoms with Crippen molar-refractivity contribution < 1.29 is 18.0 Å². The Hall–Kier alpha value is -3.04. The largest absolute Gasteiger partial charge is 0.417 e. The van der Waals surface area contributed by atoms with E-state index >= 15 is 0 Å². The van der Waals surface area contributed by atoms with Crippen molar-refractivity contribution in [3.8, 4) is 0 Å². The SMILES string of the molecule is Cc1nc(Cl)cc(Nc2ccc(C)c(NC(=O)Nc3ccc(Cl)c(C(F)(F)F)c3)c2)n1. The monoisotopic (exact) mass is 469 g/mol. The van der Waals surface area contributed by atoms with E-state index in [-0.39, 0.29) is 10.8 Å². The van der Waals surface area contributed by atoms with Gasteiger partial charge in [-0.05, 0) is 49.7 Å². The molecule has 6 nitrogen and oxygen atoms in total. The molecule has 0 unspecified atom stereocenters. The molecule has 162 valence electrons. The molecular weight excluding hydrogens is 454 g/mol. The van der Waals surface area contributed by atoms with Crippen LogP contribution < -0.4 is 16.0 Å². The number of anilines is 4. The maximum Gasteiger partial charge on any atom is 0.417 e. The van der Waals surface area contributed by atoms with Gasteiger partial charge in [-0.25, -0.2) is 14.8 Å². The molecule has 0 fully saturated rings. The Balaban J connectivity index is 1.75. The predicted molar refractivity (Wildman–Crippen MR) is 115 cm³/mol. The number of urea groups is 1. The minimum atomic E-state index is -4.63. The van der Waals surface area contributed by atoms with Crippen molar-refractivity contribution in [2.45, 2.75) is 20.0 Å². The lowest BCUT2D eigenvalue weighted by Gasteiger charge is -2.14. The normalized spacial score (nSPS) is 11.2. The zero-order chi connectivity index (χ0) is 22.8. The third kappa shape index (κ3) is 5.99. The fourth-order valence-electron chi connectivity index (χ4n) is 2.68. The zero-order valence-corrected chi connectivity index (χ0v) is 17.7. The molecule has 3 N–H and O–H groups in total. The number of aromatic nitrogens is 2. The number of hydrogen-bond donors (Lipinski definition) is 3. The molecule has 0 bridgehead atoms. The summed E-state index contributed by atoms with van der Waals surface area (Å²) in [7, 11) is 0. The molecule has 0 aliphatic rings. The first-order chi connectivity index (χ1) is 14.5. The Labute approximate surface area is 185 Å². The summed E-state index contributed by atoms with van der Waals surface area (Å²) in [4.78, 5) is 20.6. The van der Waals surface area contributed by atoms with E-state index < -0.39 is 22.8 Å². The predicted octanol–water partition coefficient (Wildman–Crippen LogP) is 6.81. The van der Waals surface area contributed by atoms with Gasteiger partial charge in [-0.3, -0.25) is 0 Å². The van der Waals surface area contributed by atoms with Crippen molar-refractivity contribution in [3.63, 3.8) is 0 Å². The van der Waals surface area contributed by atoms with Crippen LogP contribution in [0.2, 0.25) is 10.2 Å². The number of hydrogen-bond acceptors (Lipinski definition) is 4. The molecule has 1 heterocycles. The smallest absolute Gasteiger partial charge is 0.340 e. The van der Waals surface area contributed by atoms with E-state index in [9.17, 15) is 18.0 Å². The second-order valence-corrected chi connectivity index (χ2v) is 7.34. The number of carbonyl (C=O) groups excluding carboxylic acids is 1. The Morgan fingerprint density at radius 3 is 2.32 bits per heavy atom. The number of benzene rings is 2. The highest BCUT2D eigenvalue weighted by Gasteiger charge is 2.33. The van der Waals surface area contributed by atoms with Crippen molar-refractivity contribution in [2.75, 3.05) is 16.0 Å². The number of halogens is 5. The summed E-state index contributed by atoms with van der Waals surface area (Å²) in [6.45, 7) is 3.47. The molecule has 0 aliphatic carbocycles. The van der Waals surface area contributed by atoms with Crippen molar-refractivity contribution >= 4 is 52.1 Å². The number of rotatable bonds is 4. The summed E-state index contributed by atoms with van der Waals surface area (Å²) in [5, 5.41) is 7.88. The van der Waals surface area contributed by atoms with Crippen LogP contribution in [0.4, 0.5) is 40.8 Å². The summed E-state index contributed by atoms with van der Waals surface area (Å²) in [6, 6.07) is 9.16. The fourth-order valence-corrected chi connectivity index (χ4v) is 3.13. The molecule has 0 saturated heterocycles. The molecule has 2 amide bonds. The molecule has 1 aromatic heterocycles. The molecule has 31 heavy (non-hydrogen) atoms. The van der Waals surface area contributed by atoms with Gasteiger partial charge in [0.05, 0.1) is 10.6 Å². The maximum atomic E-state index is 13.0. The summed E-state index contributed by atoms with van der Waals surface area (Å²) in [5.41, 5.74) is 0.718. The quantitative estimate of drug-likeness (QED) is 0.366. The highest BCUT2D eigenvalue weighted by Crippen LogP contribution is 2.36. The van der Waals surface area contributed by atoms with Crippen LogP contribution in [0.3, 0.4) is 0 Å². The van der Waals surface area contributed by atoms with E-state index in [4.69, 9.17) is 23.2 Å². The Bertz CT molecular complexity index is 1120. The van der Waals surface area contributed by atoms with Crippen LogP contribution >= 0.6 is 23.2 Å². The van der Waals surface area contributed by atoms with E-state index in [1.54, 1.807) is 38.1 Å². The van der Waals surface area contributed by atoms with Gasteiger partial charge >= 0.3 is 12.2 Å². The molecule has 2 aromatic carbocycles. The van der Waals surface area contributed by atoms with Gasteiger partial charge in [-0.1, -0.05) is 29.3 Å². The minimum Gasteiger partial charge on any atom is -0.340 e. The van der Waals surface area contributed by atoms with Crippen molar-refractivity contribution in [3.05, 3.63) is 69.6 Å². The maximum absolute atomic E-state index is 13.0. The molecule has 0 aliphatic heterocycles. The van der Waals surface area contributed by atoms with Gasteiger partial charge in [0.25, 0.3) is 0 Å². The molecule has 3 rings (SSSR count). The third-order valence-electron chi connectivity index (χ3n) is 4.09. The van der Waals surface area contributed by atoms with Crippen molar-refractivity contribution in [1.29, 1.82) is 0 Å². The Kier molecular flexibility index (Phi) is 6.56. The van der Waals surface area contributed by atoms with Crippen LogP contribution in [-0.2, 0) is 6.18 Å². The summed E-state index contributed by atoms with van der Waals surface area (Å²) >= 11 is 11.5. The first-order valence-corrected chi connectivity index (χ1v) is 9.60. The van der Waals surface area contributed by atoms with Crippen molar-refractivity contribution in [1.82, 2.24) is 9.97 Å². The number of carbonyl (C=O) groups is 1. The van der Waals surface area contributed by atoms with Crippen LogP contribution in [0, 0.1) is 13.8 Å². The highest BCUT2D eigenvalue weighted by atomic mass is 35.5. The molecule has 0 spiro atoms. The second-order valence-electron chi connectivity index (χ2n) is 6.55. The Morgan fingerprint density at radius 2 is 1.65 bits per heavy atom. The standard InChI is InChI=1S/C20H16Cl2F3N5O/c1-10-3-4-13(28-18-9-17(22)26-11(2)27-18)8-16(10)30-19(31)29-12-5-6-15(21)14(7-12)20(23,24)25/h3-9H,1-2H3,(H,26,27,28)(H2,29,30,31). The average Bonchev–Trinajstić information content (AvgIpc) is 2.64. The number of nitrogens with one attached hydrogen (secondary N) is 3. The van der Waals surface area contributed by atoms with Gasteiger partial charge < -0.3 is 16.0 Å². The first-order valence-electron chi connectivity index (χ1n) is 8.85. The molecule has 3 aromatic rings. The molecule has 0 saturated carbocycles. The van der Waals surface area contributed by atoms with E-state index in [0.29, 0.717) is 23.0 Å². The number of alkyl halides is 3. The summed E-state index contributed by atoms with van der Waals surface area (Å²) in [5.74, 6) is 0.957. The molecule has 0 atom stereocenters. The van der Waals surface area contributed by atoms with Gasteiger partial charge in [-0.15, -0.1) is 0 Å². The topological polar surface area (TPSA) is 78.9 Å². The van der Waals surface area contributed by atoms with Gasteiger partial charge in [0, 0.05) is 23.1 Å². The van der Waals surface area contributed by atoms with E-state index in [1.165, 1.54) is 6.07 Å². The highest BCUT2D eigenvalue weighted by molar-refractivity contribution is 6.31. The molecule has 11 heteroatoms. The van der Waals surface area contributed by atoms with E-state index in [1.807, 2.05) is 0 Å². The molecular formula is C20H16Cl2F3N5O. The summed E-state index contributed by atoms with van der Waals surface area (Å²) in [6.07, 6.45) is -4.63. The third-order valence-corrected chi connectivity index (χ3v) is 4.62. The average molecular weight is 470 g/mol. The van der Waals surface area contributed by atoms with Gasteiger partial charge in [-0.2, -0.15) is 13.2 Å². The van der Waals surface area contributed by atoms with Gasteiger partial charge in [0.15, 0.2) is 0 Å². The van der Waals surface area contributed by atoms with Gasteiger partial charge in [0.1, 0.15) is 16.8 Å². The second kappa shape index (κ2) is 8.99. The molecule has 0 radical (unpaired) electrons. The number of nitrogens with zero attached hydrogens (tertiary/aromatic N) is 2.